The number of piperidine rings is 1. The maximum absolute atomic E-state index is 5.62. The number of rotatable bonds is 8. The SMILES string of the molecule is CCCOCCN(CC1CCCCN1)C1CC1. The van der Waals surface area contributed by atoms with Crippen LogP contribution in [-0.2, 0) is 4.74 Å². The molecule has 0 aromatic carbocycles. The average Bonchev–Trinajstić information content (AvgIpc) is 3.19. The van der Waals surface area contributed by atoms with Gasteiger partial charge in [0.1, 0.15) is 0 Å². The molecule has 0 aromatic rings. The van der Waals surface area contributed by atoms with Crippen LogP contribution in [0.1, 0.15) is 45.4 Å². The molecular formula is C14H28N2O. The standard InChI is InChI=1S/C14H28N2O/c1-2-10-17-11-9-16(14-6-7-14)12-13-5-3-4-8-15-13/h13-15H,2-12H2,1H3. The van der Waals surface area contributed by atoms with Gasteiger partial charge in [0.25, 0.3) is 0 Å². The Hall–Kier alpha value is -0.120. The first-order chi connectivity index (χ1) is 8.40. The Balaban J connectivity index is 1.65. The lowest BCUT2D eigenvalue weighted by Gasteiger charge is -2.30. The molecule has 1 saturated heterocycles. The molecule has 3 nitrogen and oxygen atoms in total. The lowest BCUT2D eigenvalue weighted by atomic mass is 10.0. The third-order valence-electron chi connectivity index (χ3n) is 3.80. The number of ether oxygens (including phenoxy) is 1. The second-order valence-electron chi connectivity index (χ2n) is 5.49. The number of nitrogens with zero attached hydrogens (tertiary/aromatic N) is 1. The summed E-state index contributed by atoms with van der Waals surface area (Å²) in [6.07, 6.45) is 8.07. The van der Waals surface area contributed by atoms with E-state index in [-0.39, 0.29) is 0 Å². The van der Waals surface area contributed by atoms with E-state index in [4.69, 9.17) is 4.74 Å². The molecule has 2 fully saturated rings. The lowest BCUT2D eigenvalue weighted by Crippen LogP contribution is -2.45. The quantitative estimate of drug-likeness (QED) is 0.657. The Morgan fingerprint density at radius 1 is 1.18 bits per heavy atom. The molecule has 17 heavy (non-hydrogen) atoms. The van der Waals surface area contributed by atoms with Gasteiger partial charge in [0.15, 0.2) is 0 Å². The Bertz CT molecular complexity index is 200. The lowest BCUT2D eigenvalue weighted by molar-refractivity contribution is 0.0954. The zero-order chi connectivity index (χ0) is 11.9. The van der Waals surface area contributed by atoms with E-state index >= 15 is 0 Å². The summed E-state index contributed by atoms with van der Waals surface area (Å²) in [5, 5.41) is 3.65. The minimum absolute atomic E-state index is 0.732. The van der Waals surface area contributed by atoms with Gasteiger partial charge in [-0.2, -0.15) is 0 Å². The van der Waals surface area contributed by atoms with Crippen LogP contribution < -0.4 is 5.32 Å². The van der Waals surface area contributed by atoms with Crippen LogP contribution >= 0.6 is 0 Å². The summed E-state index contributed by atoms with van der Waals surface area (Å²) >= 11 is 0. The van der Waals surface area contributed by atoms with Gasteiger partial charge >= 0.3 is 0 Å². The van der Waals surface area contributed by atoms with Gasteiger partial charge in [0, 0.05) is 31.8 Å². The summed E-state index contributed by atoms with van der Waals surface area (Å²) in [6, 6.07) is 1.60. The molecule has 1 N–H and O–H groups in total. The zero-order valence-corrected chi connectivity index (χ0v) is 11.3. The molecule has 1 aliphatic carbocycles. The predicted molar refractivity (Wildman–Crippen MR) is 71.3 cm³/mol. The minimum Gasteiger partial charge on any atom is -0.380 e. The molecule has 2 rings (SSSR count). The first-order valence-electron chi connectivity index (χ1n) is 7.45. The fourth-order valence-electron chi connectivity index (χ4n) is 2.65. The highest BCUT2D eigenvalue weighted by molar-refractivity contribution is 4.87. The average molecular weight is 240 g/mol. The summed E-state index contributed by atoms with van der Waals surface area (Å²) in [7, 11) is 0. The summed E-state index contributed by atoms with van der Waals surface area (Å²) in [5.74, 6) is 0. The molecule has 0 aromatic heterocycles. The van der Waals surface area contributed by atoms with Crippen LogP contribution in [0, 0.1) is 0 Å². The Labute approximate surface area is 106 Å². The van der Waals surface area contributed by atoms with E-state index in [1.54, 1.807) is 0 Å². The van der Waals surface area contributed by atoms with Crippen molar-refractivity contribution in [2.45, 2.75) is 57.5 Å². The fraction of sp³-hybridized carbons (Fsp3) is 1.00. The third-order valence-corrected chi connectivity index (χ3v) is 3.80. The van der Waals surface area contributed by atoms with Gasteiger partial charge in [-0.05, 0) is 38.6 Å². The number of nitrogens with one attached hydrogen (secondary N) is 1. The van der Waals surface area contributed by atoms with E-state index < -0.39 is 0 Å². The van der Waals surface area contributed by atoms with E-state index in [1.165, 1.54) is 45.2 Å². The Morgan fingerprint density at radius 2 is 2.06 bits per heavy atom. The summed E-state index contributed by atoms with van der Waals surface area (Å²) < 4.78 is 5.62. The molecule has 0 spiro atoms. The highest BCUT2D eigenvalue weighted by atomic mass is 16.5. The Morgan fingerprint density at radius 3 is 2.71 bits per heavy atom. The van der Waals surface area contributed by atoms with Crippen molar-refractivity contribution in [1.29, 1.82) is 0 Å². The van der Waals surface area contributed by atoms with Gasteiger partial charge < -0.3 is 10.1 Å². The van der Waals surface area contributed by atoms with Crippen molar-refractivity contribution >= 4 is 0 Å². The van der Waals surface area contributed by atoms with Crippen LogP contribution in [0.4, 0.5) is 0 Å². The molecule has 100 valence electrons. The molecule has 0 bridgehead atoms. The van der Waals surface area contributed by atoms with E-state index in [2.05, 4.69) is 17.1 Å². The van der Waals surface area contributed by atoms with Crippen LogP contribution in [0.5, 0.6) is 0 Å². The van der Waals surface area contributed by atoms with E-state index in [0.717, 1.165) is 38.3 Å². The minimum atomic E-state index is 0.732. The second kappa shape index (κ2) is 7.34. The smallest absolute Gasteiger partial charge is 0.0593 e. The molecule has 1 aliphatic heterocycles. The van der Waals surface area contributed by atoms with Crippen molar-refractivity contribution in [2.24, 2.45) is 0 Å². The number of hydrogen-bond acceptors (Lipinski definition) is 3. The maximum Gasteiger partial charge on any atom is 0.0593 e. The van der Waals surface area contributed by atoms with Gasteiger partial charge in [-0.1, -0.05) is 13.3 Å². The van der Waals surface area contributed by atoms with Gasteiger partial charge in [-0.3, -0.25) is 4.90 Å². The predicted octanol–water partition coefficient (Wildman–Crippen LogP) is 2.02. The third kappa shape index (κ3) is 4.94. The molecule has 3 heteroatoms. The summed E-state index contributed by atoms with van der Waals surface area (Å²) in [6.45, 7) is 7.58. The van der Waals surface area contributed by atoms with Crippen molar-refractivity contribution in [3.05, 3.63) is 0 Å². The molecular weight excluding hydrogens is 212 g/mol. The number of hydrogen-bond donors (Lipinski definition) is 1. The fourth-order valence-corrected chi connectivity index (χ4v) is 2.65. The summed E-state index contributed by atoms with van der Waals surface area (Å²) in [4.78, 5) is 2.65. The van der Waals surface area contributed by atoms with Crippen LogP contribution in [0.2, 0.25) is 0 Å². The highest BCUT2D eigenvalue weighted by Crippen LogP contribution is 2.27. The topological polar surface area (TPSA) is 24.5 Å². The zero-order valence-electron chi connectivity index (χ0n) is 11.3. The normalized spacial score (nSPS) is 25.4. The Kier molecular flexibility index (Phi) is 5.75. The van der Waals surface area contributed by atoms with Gasteiger partial charge in [-0.15, -0.1) is 0 Å². The van der Waals surface area contributed by atoms with Crippen molar-refractivity contribution in [2.75, 3.05) is 32.8 Å². The molecule has 0 radical (unpaired) electrons. The van der Waals surface area contributed by atoms with E-state index in [1.807, 2.05) is 0 Å². The monoisotopic (exact) mass is 240 g/mol. The van der Waals surface area contributed by atoms with Crippen LogP contribution in [0.3, 0.4) is 0 Å². The maximum atomic E-state index is 5.62. The van der Waals surface area contributed by atoms with E-state index in [9.17, 15) is 0 Å². The largest absolute Gasteiger partial charge is 0.380 e. The summed E-state index contributed by atoms with van der Waals surface area (Å²) in [5.41, 5.74) is 0. The molecule has 2 aliphatic rings. The van der Waals surface area contributed by atoms with Crippen LogP contribution in [0.15, 0.2) is 0 Å². The van der Waals surface area contributed by atoms with Crippen molar-refractivity contribution < 1.29 is 4.74 Å². The van der Waals surface area contributed by atoms with Crippen LogP contribution in [-0.4, -0.2) is 49.8 Å². The van der Waals surface area contributed by atoms with Gasteiger partial charge in [0.2, 0.25) is 0 Å². The molecule has 0 amide bonds. The molecule has 1 heterocycles. The first kappa shape index (κ1) is 13.3. The van der Waals surface area contributed by atoms with Crippen molar-refractivity contribution in [1.82, 2.24) is 10.2 Å². The molecule has 1 unspecified atom stereocenters. The second-order valence-corrected chi connectivity index (χ2v) is 5.49. The first-order valence-corrected chi connectivity index (χ1v) is 7.45. The van der Waals surface area contributed by atoms with Crippen molar-refractivity contribution in [3.8, 4) is 0 Å². The highest BCUT2D eigenvalue weighted by Gasteiger charge is 2.30. The molecule has 1 saturated carbocycles. The van der Waals surface area contributed by atoms with Crippen molar-refractivity contribution in [3.63, 3.8) is 0 Å². The van der Waals surface area contributed by atoms with Crippen LogP contribution in [0.25, 0.3) is 0 Å². The molecule has 1 atom stereocenters. The van der Waals surface area contributed by atoms with Gasteiger partial charge in [0.05, 0.1) is 6.61 Å². The van der Waals surface area contributed by atoms with E-state index in [0.29, 0.717) is 0 Å². The van der Waals surface area contributed by atoms with Gasteiger partial charge in [-0.25, -0.2) is 0 Å².